The lowest BCUT2D eigenvalue weighted by Crippen LogP contribution is -2.32. The van der Waals surface area contributed by atoms with Gasteiger partial charge in [0.05, 0.1) is 41.7 Å². The first-order chi connectivity index (χ1) is 43.2. The fourth-order valence-electron chi connectivity index (χ4n) is 9.45. The Bertz CT molecular complexity index is 2620. The number of carbonyl (C=O) groups is 7. The van der Waals surface area contributed by atoms with Gasteiger partial charge in [-0.15, -0.1) is 11.6 Å². The quantitative estimate of drug-likeness (QED) is 0.0130. The summed E-state index contributed by atoms with van der Waals surface area (Å²) in [4.78, 5) is 80.4. The third kappa shape index (κ3) is 36.0. The van der Waals surface area contributed by atoms with Crippen LogP contribution in [0.5, 0.6) is 0 Å². The molecule has 6 rings (SSSR count). The van der Waals surface area contributed by atoms with Crippen LogP contribution in [0.1, 0.15) is 238 Å². The zero-order valence-corrected chi connectivity index (χ0v) is 58.8. The second-order valence-corrected chi connectivity index (χ2v) is 24.8. The van der Waals surface area contributed by atoms with Gasteiger partial charge in [0, 0.05) is 50.4 Å². The number of aryl methyl sites for hydroxylation is 1. The molecule has 16 nitrogen and oxygen atoms in total. The van der Waals surface area contributed by atoms with E-state index in [0.29, 0.717) is 43.0 Å². The summed E-state index contributed by atoms with van der Waals surface area (Å²) in [5.41, 5.74) is 11.9. The SMILES string of the molecule is CC(CC1C(=O)OC(=O)C1C)c1ccccc1.CCC(C)C.CCC(C)C(=O)O.CCC(C)c1ccc(CCl)cc1.CCC(CC(C)c1ccncc1)c1cc[n+](CCCCCC(=O)O)cc1.CNC(CCCCN)C(C)=O.COC(C)CC1C(=O)OC(=O)C1C. The molecule has 5 N–H and O–H groups in total. The maximum atomic E-state index is 11.5. The molecule has 4 aromatic rings. The van der Waals surface area contributed by atoms with Crippen molar-refractivity contribution in [2.75, 3.05) is 20.7 Å². The Kier molecular flexibility index (Phi) is 46.1. The van der Waals surface area contributed by atoms with Gasteiger partial charge in [0.25, 0.3) is 0 Å². The number of pyridine rings is 2. The van der Waals surface area contributed by atoms with Crippen molar-refractivity contribution >= 4 is 53.2 Å². The molecular weight excluding hydrogens is 1170 g/mol. The van der Waals surface area contributed by atoms with Crippen molar-refractivity contribution in [3.8, 4) is 0 Å². The molecule has 0 amide bonds. The van der Waals surface area contributed by atoms with Crippen LogP contribution >= 0.6 is 11.6 Å². The standard InChI is InChI=1S/C22H30N2O2.C14H16O3.C11H15Cl.C9H14O4.C8H18N2O.C5H10O2.C5H12/c1-3-19(17-18(2)20-8-12-23-13-9-20)21-10-15-24(16-11-21)14-6-4-5-7-22(25)26;1-9(11-6-4-3-5-7-11)8-12-10(2)13(15)17-14(12)16;1-3-9(2)11-6-4-10(8-12)5-7-11;1-5(12-3)4-7-6(2)8(10)13-9(7)11;1-7(11)8(10-2)5-3-4-6-9;1-3-4(2)5(6)7;1-4-5(2)3/h8-13,15-16,18-19H,3-7,14,17H2,1-2H3;3-7,9-10,12H,8H2,1-2H3;4-7,9H,3,8H2,1-2H3;5-7H,4H2,1-3H3;8,10H,3-6,9H2,1-2H3;4H,3H2,1-2H3,(H,6,7);5H,4H2,1-3H3/p+1. The molecule has 2 aromatic heterocycles. The first-order valence-electron chi connectivity index (χ1n) is 33.1. The number of unbranched alkanes of at least 4 members (excludes halogenated alkanes) is 3. The average molecular weight is 1290 g/mol. The van der Waals surface area contributed by atoms with Crippen molar-refractivity contribution in [1.82, 2.24) is 10.3 Å². The number of benzene rings is 2. The predicted octanol–water partition coefficient (Wildman–Crippen LogP) is 15.4. The third-order valence-electron chi connectivity index (χ3n) is 17.0. The summed E-state index contributed by atoms with van der Waals surface area (Å²) >= 11 is 5.69. The van der Waals surface area contributed by atoms with E-state index in [4.69, 9.17) is 32.3 Å². The van der Waals surface area contributed by atoms with Gasteiger partial charge in [0.15, 0.2) is 12.4 Å². The van der Waals surface area contributed by atoms with Crippen molar-refractivity contribution in [1.29, 1.82) is 0 Å². The van der Waals surface area contributed by atoms with Crippen LogP contribution in [0.15, 0.2) is 104 Å². The van der Waals surface area contributed by atoms with Crippen LogP contribution < -0.4 is 15.6 Å². The van der Waals surface area contributed by atoms with Crippen LogP contribution in [-0.2, 0) is 60.2 Å². The monoisotopic (exact) mass is 1290 g/mol. The van der Waals surface area contributed by atoms with E-state index in [2.05, 4.69) is 141 Å². The molecule has 2 fully saturated rings. The first kappa shape index (κ1) is 84.8. The average Bonchev–Trinajstić information content (AvgIpc) is 1.93. The van der Waals surface area contributed by atoms with Crippen LogP contribution in [0.25, 0.3) is 0 Å². The number of methoxy groups -OCH3 is 1. The lowest BCUT2D eigenvalue weighted by Gasteiger charge is -2.20. The number of rotatable bonds is 29. The van der Waals surface area contributed by atoms with Gasteiger partial charge in [-0.1, -0.05) is 151 Å². The number of esters is 4. The fraction of sp³-hybridized carbons (Fsp3) is 0.608. The van der Waals surface area contributed by atoms with Crippen molar-refractivity contribution in [3.63, 3.8) is 0 Å². The van der Waals surface area contributed by atoms with Crippen LogP contribution in [0.4, 0.5) is 0 Å². The van der Waals surface area contributed by atoms with E-state index in [1.807, 2.05) is 63.6 Å². The molecule has 4 heterocycles. The van der Waals surface area contributed by atoms with Crippen LogP contribution in [-0.4, -0.2) is 89.6 Å². The number of hydrogen-bond donors (Lipinski definition) is 4. The van der Waals surface area contributed by atoms with E-state index >= 15 is 0 Å². The van der Waals surface area contributed by atoms with Crippen LogP contribution in [0, 0.1) is 35.5 Å². The molecule has 510 valence electrons. The number of aliphatic carboxylic acids is 2. The molecule has 0 saturated carbocycles. The molecule has 11 unspecified atom stereocenters. The molecule has 11 atom stereocenters. The molecule has 2 aliphatic rings. The Morgan fingerprint density at radius 3 is 1.58 bits per heavy atom. The van der Waals surface area contributed by atoms with E-state index in [0.717, 1.165) is 70.3 Å². The Balaban J connectivity index is 0.00000110. The second kappa shape index (κ2) is 49.4. The molecule has 2 aliphatic heterocycles. The van der Waals surface area contributed by atoms with E-state index < -0.39 is 23.9 Å². The van der Waals surface area contributed by atoms with Crippen molar-refractivity contribution < 1.29 is 62.6 Å². The number of likely N-dealkylation sites (N-methyl/N-ethyl adjacent to an activating group) is 1. The van der Waals surface area contributed by atoms with Gasteiger partial charge in [-0.2, -0.15) is 0 Å². The van der Waals surface area contributed by atoms with E-state index in [1.54, 1.807) is 34.8 Å². The number of carboxylic acid groups (broad SMARTS) is 2. The number of cyclic esters (lactones) is 4. The van der Waals surface area contributed by atoms with Crippen LogP contribution in [0.3, 0.4) is 0 Å². The van der Waals surface area contributed by atoms with E-state index in [-0.39, 0.29) is 71.8 Å². The minimum atomic E-state index is -0.706. The number of ether oxygens (including phenoxy) is 3. The third-order valence-corrected chi connectivity index (χ3v) is 17.3. The topological polar surface area (TPSA) is 242 Å². The molecule has 0 radical (unpaired) electrons. The molecule has 0 aliphatic carbocycles. The zero-order valence-electron chi connectivity index (χ0n) is 58.1. The molecule has 17 heteroatoms. The Hall–Kier alpha value is -6.20. The van der Waals surface area contributed by atoms with E-state index in [9.17, 15) is 33.6 Å². The largest absolute Gasteiger partial charge is 0.481 e. The summed E-state index contributed by atoms with van der Waals surface area (Å²) < 4.78 is 16.4. The molecular formula is C74H116ClN4O12+. The number of carboxylic acids is 2. The van der Waals surface area contributed by atoms with Crippen molar-refractivity contribution in [2.45, 2.75) is 235 Å². The number of ketones is 1. The number of nitrogens with one attached hydrogen (secondary N) is 1. The number of hydrogen-bond acceptors (Lipinski definition) is 13. The highest BCUT2D eigenvalue weighted by Crippen LogP contribution is 2.34. The number of nitrogens with zero attached hydrogens (tertiary/aromatic N) is 2. The smallest absolute Gasteiger partial charge is 0.317 e. The number of halogens is 1. The highest BCUT2D eigenvalue weighted by molar-refractivity contribution is 6.17. The number of carbonyl (C=O) groups excluding carboxylic acids is 5. The fourth-order valence-corrected chi connectivity index (χ4v) is 9.62. The molecule has 91 heavy (non-hydrogen) atoms. The summed E-state index contributed by atoms with van der Waals surface area (Å²) in [5, 5.41) is 19.8. The van der Waals surface area contributed by atoms with Gasteiger partial charge in [-0.25, -0.2) is 4.57 Å². The Labute approximate surface area is 552 Å². The summed E-state index contributed by atoms with van der Waals surface area (Å²) in [6.45, 7) is 29.9. The number of aromatic nitrogens is 2. The van der Waals surface area contributed by atoms with Gasteiger partial charge in [-0.05, 0) is 161 Å². The lowest BCUT2D eigenvalue weighted by molar-refractivity contribution is -0.697. The van der Waals surface area contributed by atoms with Gasteiger partial charge < -0.3 is 35.5 Å². The van der Waals surface area contributed by atoms with Gasteiger partial charge >= 0.3 is 35.8 Å². The van der Waals surface area contributed by atoms with Gasteiger partial charge in [-0.3, -0.25) is 38.5 Å². The normalized spacial score (nSPS) is 17.8. The molecule has 2 aromatic carbocycles. The van der Waals surface area contributed by atoms with Gasteiger partial charge in [0.2, 0.25) is 0 Å². The predicted molar refractivity (Wildman–Crippen MR) is 364 cm³/mol. The number of Topliss-reactive ketones (excluding diaryl/α,β-unsaturated/α-hetero) is 1. The molecule has 0 spiro atoms. The Morgan fingerprint density at radius 1 is 0.648 bits per heavy atom. The number of alkyl halides is 1. The van der Waals surface area contributed by atoms with E-state index in [1.165, 1.54) is 40.7 Å². The maximum absolute atomic E-state index is 11.5. The second-order valence-electron chi connectivity index (χ2n) is 24.6. The first-order valence-corrected chi connectivity index (χ1v) is 33.7. The molecule has 2 saturated heterocycles. The minimum absolute atomic E-state index is 0.0223. The number of nitrogens with two attached hydrogens (primary N) is 1. The minimum Gasteiger partial charge on any atom is -0.481 e. The van der Waals surface area contributed by atoms with Crippen LogP contribution in [0.2, 0.25) is 0 Å². The molecule has 0 bridgehead atoms. The Morgan fingerprint density at radius 2 is 1.18 bits per heavy atom. The summed E-state index contributed by atoms with van der Waals surface area (Å²) in [5.74, 6) is -0.745. The highest BCUT2D eigenvalue weighted by atomic mass is 35.5. The summed E-state index contributed by atoms with van der Waals surface area (Å²) in [7, 11) is 3.39. The zero-order chi connectivity index (χ0) is 69.0. The van der Waals surface area contributed by atoms with Gasteiger partial charge in [0.1, 0.15) is 12.3 Å². The maximum Gasteiger partial charge on any atom is 0.317 e. The van der Waals surface area contributed by atoms with Crippen molar-refractivity contribution in [2.24, 2.45) is 41.2 Å². The summed E-state index contributed by atoms with van der Waals surface area (Å²) in [6.07, 6.45) is 20.7. The lowest BCUT2D eigenvalue weighted by atomic mass is 9.85. The summed E-state index contributed by atoms with van der Waals surface area (Å²) in [6, 6.07) is 27.3. The highest BCUT2D eigenvalue weighted by Gasteiger charge is 2.42. The van der Waals surface area contributed by atoms with Crippen molar-refractivity contribution in [3.05, 3.63) is 131 Å².